The predicted molar refractivity (Wildman–Crippen MR) is 87.6 cm³/mol. The molecular formula is C13H18Cl2N4O3. The van der Waals surface area contributed by atoms with Gasteiger partial charge in [-0.05, 0) is 18.9 Å². The zero-order chi connectivity index (χ0) is 15.4. The van der Waals surface area contributed by atoms with E-state index in [0.717, 1.165) is 25.9 Å². The van der Waals surface area contributed by atoms with Gasteiger partial charge in [-0.2, -0.15) is 0 Å². The molecule has 1 aromatic carbocycles. The average molecular weight is 349 g/mol. The van der Waals surface area contributed by atoms with Crippen LogP contribution in [-0.4, -0.2) is 41.4 Å². The molecule has 0 aliphatic carbocycles. The molecule has 1 fully saturated rings. The third-order valence-corrected chi connectivity index (χ3v) is 3.75. The Balaban J connectivity index is 0.00000242. The van der Waals surface area contributed by atoms with E-state index in [4.69, 9.17) is 17.3 Å². The van der Waals surface area contributed by atoms with Gasteiger partial charge in [0, 0.05) is 31.3 Å². The first-order valence-corrected chi connectivity index (χ1v) is 7.05. The Morgan fingerprint density at radius 2 is 2.09 bits per heavy atom. The first-order valence-electron chi connectivity index (χ1n) is 6.67. The van der Waals surface area contributed by atoms with Crippen LogP contribution in [-0.2, 0) is 4.79 Å². The molecule has 0 spiro atoms. The molecule has 7 nitrogen and oxygen atoms in total. The SMILES string of the molecule is Cl.NC1CCN(CC(=O)Nc2ccc([N+](=O)[O-])cc2Cl)CC1. The van der Waals surface area contributed by atoms with Crippen molar-refractivity contribution in [2.45, 2.75) is 18.9 Å². The number of hydrogen-bond acceptors (Lipinski definition) is 5. The lowest BCUT2D eigenvalue weighted by Crippen LogP contribution is -2.43. The topological polar surface area (TPSA) is 102 Å². The molecule has 1 aromatic rings. The monoisotopic (exact) mass is 348 g/mol. The van der Waals surface area contributed by atoms with E-state index in [0.29, 0.717) is 5.69 Å². The van der Waals surface area contributed by atoms with Gasteiger partial charge in [0.05, 0.1) is 22.2 Å². The van der Waals surface area contributed by atoms with Crippen LogP contribution in [0.4, 0.5) is 11.4 Å². The van der Waals surface area contributed by atoms with Crippen molar-refractivity contribution in [2.24, 2.45) is 5.73 Å². The number of rotatable bonds is 4. The number of carbonyl (C=O) groups is 1. The van der Waals surface area contributed by atoms with Crippen molar-refractivity contribution in [3.63, 3.8) is 0 Å². The molecule has 0 saturated carbocycles. The van der Waals surface area contributed by atoms with Gasteiger partial charge >= 0.3 is 0 Å². The van der Waals surface area contributed by atoms with E-state index < -0.39 is 4.92 Å². The molecule has 0 radical (unpaired) electrons. The molecular weight excluding hydrogens is 331 g/mol. The molecule has 0 unspecified atom stereocenters. The fourth-order valence-electron chi connectivity index (χ4n) is 2.22. The number of anilines is 1. The molecule has 22 heavy (non-hydrogen) atoms. The summed E-state index contributed by atoms with van der Waals surface area (Å²) in [4.78, 5) is 24.1. The third kappa shape index (κ3) is 5.10. The number of halogens is 2. The van der Waals surface area contributed by atoms with E-state index in [9.17, 15) is 14.9 Å². The van der Waals surface area contributed by atoms with Crippen LogP contribution < -0.4 is 11.1 Å². The van der Waals surface area contributed by atoms with Gasteiger partial charge in [-0.25, -0.2) is 0 Å². The second kappa shape index (κ2) is 8.28. The lowest BCUT2D eigenvalue weighted by atomic mass is 10.1. The smallest absolute Gasteiger partial charge is 0.271 e. The Hall–Kier alpha value is -1.41. The van der Waals surface area contributed by atoms with E-state index in [-0.39, 0.29) is 41.6 Å². The van der Waals surface area contributed by atoms with Crippen LogP contribution >= 0.6 is 24.0 Å². The van der Waals surface area contributed by atoms with Crippen LogP contribution in [0, 0.1) is 10.1 Å². The maximum absolute atomic E-state index is 12.0. The molecule has 122 valence electrons. The van der Waals surface area contributed by atoms with Crippen molar-refractivity contribution in [3.8, 4) is 0 Å². The summed E-state index contributed by atoms with van der Waals surface area (Å²) in [5, 5.41) is 13.4. The standard InChI is InChI=1S/C13H17ClN4O3.ClH/c14-11-7-10(18(20)21)1-2-12(11)16-13(19)8-17-5-3-9(15)4-6-17;/h1-2,7,9H,3-6,8,15H2,(H,16,19);1H. The highest BCUT2D eigenvalue weighted by Gasteiger charge is 2.19. The van der Waals surface area contributed by atoms with Crippen molar-refractivity contribution < 1.29 is 9.72 Å². The van der Waals surface area contributed by atoms with E-state index >= 15 is 0 Å². The highest BCUT2D eigenvalue weighted by Crippen LogP contribution is 2.26. The van der Waals surface area contributed by atoms with E-state index in [1.165, 1.54) is 18.2 Å². The van der Waals surface area contributed by atoms with E-state index in [1.54, 1.807) is 0 Å². The van der Waals surface area contributed by atoms with Crippen molar-refractivity contribution in [3.05, 3.63) is 33.3 Å². The Bertz CT molecular complexity index is 548. The summed E-state index contributed by atoms with van der Waals surface area (Å²) < 4.78 is 0. The number of carbonyl (C=O) groups excluding carboxylic acids is 1. The lowest BCUT2D eigenvalue weighted by Gasteiger charge is -2.29. The maximum atomic E-state index is 12.0. The van der Waals surface area contributed by atoms with E-state index in [2.05, 4.69) is 5.32 Å². The van der Waals surface area contributed by atoms with Gasteiger partial charge in [0.15, 0.2) is 0 Å². The van der Waals surface area contributed by atoms with Gasteiger partial charge in [0.2, 0.25) is 5.91 Å². The van der Waals surface area contributed by atoms with E-state index in [1.807, 2.05) is 4.90 Å². The van der Waals surface area contributed by atoms with Gasteiger partial charge in [0.25, 0.3) is 5.69 Å². The number of nitro benzene ring substituents is 1. The molecule has 1 heterocycles. The molecule has 0 bridgehead atoms. The first-order chi connectivity index (χ1) is 9.95. The summed E-state index contributed by atoms with van der Waals surface area (Å²) in [6.45, 7) is 1.85. The predicted octanol–water partition coefficient (Wildman–Crippen LogP) is 2.03. The second-order valence-electron chi connectivity index (χ2n) is 5.08. The molecule has 1 saturated heterocycles. The summed E-state index contributed by atoms with van der Waals surface area (Å²) >= 11 is 5.93. The fourth-order valence-corrected chi connectivity index (χ4v) is 2.44. The van der Waals surface area contributed by atoms with Crippen LogP contribution in [0.5, 0.6) is 0 Å². The molecule has 0 atom stereocenters. The first kappa shape index (κ1) is 18.6. The zero-order valence-electron chi connectivity index (χ0n) is 11.8. The summed E-state index contributed by atoms with van der Waals surface area (Å²) in [5.41, 5.74) is 6.08. The number of nitrogens with two attached hydrogens (primary N) is 1. The minimum Gasteiger partial charge on any atom is -0.328 e. The summed E-state index contributed by atoms with van der Waals surface area (Å²) in [5.74, 6) is -0.193. The number of nitrogens with zero attached hydrogens (tertiary/aromatic N) is 2. The quantitative estimate of drug-likeness (QED) is 0.640. The van der Waals surface area contributed by atoms with Crippen molar-refractivity contribution in [1.82, 2.24) is 4.90 Å². The van der Waals surface area contributed by atoms with Gasteiger partial charge < -0.3 is 11.1 Å². The number of benzene rings is 1. The Morgan fingerprint density at radius 3 is 2.64 bits per heavy atom. The highest BCUT2D eigenvalue weighted by atomic mass is 35.5. The molecule has 9 heteroatoms. The summed E-state index contributed by atoms with van der Waals surface area (Å²) in [6.07, 6.45) is 1.76. The number of hydrogen-bond donors (Lipinski definition) is 2. The van der Waals surface area contributed by atoms with Gasteiger partial charge in [-0.1, -0.05) is 11.6 Å². The van der Waals surface area contributed by atoms with Crippen LogP contribution in [0.25, 0.3) is 0 Å². The minimum absolute atomic E-state index is 0. The number of likely N-dealkylation sites (tertiary alicyclic amines) is 1. The Morgan fingerprint density at radius 1 is 1.45 bits per heavy atom. The number of non-ortho nitro benzene ring substituents is 1. The number of amides is 1. The van der Waals surface area contributed by atoms with Crippen molar-refractivity contribution in [1.29, 1.82) is 0 Å². The third-order valence-electron chi connectivity index (χ3n) is 3.44. The summed E-state index contributed by atoms with van der Waals surface area (Å²) in [6, 6.07) is 4.18. The second-order valence-corrected chi connectivity index (χ2v) is 5.49. The number of nitrogens with one attached hydrogen (secondary N) is 1. The van der Waals surface area contributed by atoms with Crippen LogP contribution in [0.1, 0.15) is 12.8 Å². The van der Waals surface area contributed by atoms with Crippen LogP contribution in [0.2, 0.25) is 5.02 Å². The largest absolute Gasteiger partial charge is 0.328 e. The van der Waals surface area contributed by atoms with Crippen LogP contribution in [0.15, 0.2) is 18.2 Å². The van der Waals surface area contributed by atoms with Crippen molar-refractivity contribution in [2.75, 3.05) is 25.0 Å². The van der Waals surface area contributed by atoms with Gasteiger partial charge in [-0.3, -0.25) is 19.8 Å². The molecule has 1 aliphatic heterocycles. The maximum Gasteiger partial charge on any atom is 0.271 e. The Kier molecular flexibility index (Phi) is 7.02. The van der Waals surface area contributed by atoms with Gasteiger partial charge in [-0.15, -0.1) is 12.4 Å². The normalized spacial score (nSPS) is 15.9. The lowest BCUT2D eigenvalue weighted by molar-refractivity contribution is -0.384. The minimum atomic E-state index is -0.533. The molecule has 2 rings (SSSR count). The average Bonchev–Trinajstić information content (AvgIpc) is 2.43. The molecule has 3 N–H and O–H groups in total. The molecule has 1 aliphatic rings. The van der Waals surface area contributed by atoms with Gasteiger partial charge in [0.1, 0.15) is 0 Å². The van der Waals surface area contributed by atoms with Crippen molar-refractivity contribution >= 4 is 41.3 Å². The molecule has 1 amide bonds. The Labute approximate surface area is 139 Å². The summed E-state index contributed by atoms with van der Waals surface area (Å²) in [7, 11) is 0. The zero-order valence-corrected chi connectivity index (χ0v) is 13.4. The highest BCUT2D eigenvalue weighted by molar-refractivity contribution is 6.34. The molecule has 0 aromatic heterocycles. The number of piperidine rings is 1. The fraction of sp³-hybridized carbons (Fsp3) is 0.462. The van der Waals surface area contributed by atoms with Crippen LogP contribution in [0.3, 0.4) is 0 Å². The number of nitro groups is 1.